The molecule has 2 unspecified atom stereocenters. The average molecular weight is 282 g/mol. The highest BCUT2D eigenvalue weighted by Crippen LogP contribution is 2.14. The lowest BCUT2D eigenvalue weighted by molar-refractivity contribution is 0.421. The molecule has 1 saturated heterocycles. The minimum Gasteiger partial charge on any atom is -0.313 e. The zero-order chi connectivity index (χ0) is 13.7. The molecule has 0 saturated carbocycles. The van der Waals surface area contributed by atoms with Gasteiger partial charge in [-0.25, -0.2) is 13.1 Å². The Morgan fingerprint density at radius 1 is 1.32 bits per heavy atom. The third-order valence-corrected chi connectivity index (χ3v) is 5.04. The molecule has 2 N–H and O–H groups in total. The van der Waals surface area contributed by atoms with Gasteiger partial charge in [0.2, 0.25) is 10.0 Å². The maximum absolute atomic E-state index is 12.1. The Morgan fingerprint density at radius 3 is 2.68 bits per heavy atom. The van der Waals surface area contributed by atoms with E-state index in [9.17, 15) is 8.42 Å². The Bertz CT molecular complexity index is 481. The van der Waals surface area contributed by atoms with Crippen molar-refractivity contribution in [2.75, 3.05) is 12.3 Å². The molecule has 0 amide bonds. The molecule has 1 aromatic rings. The summed E-state index contributed by atoms with van der Waals surface area (Å²) >= 11 is 0. The summed E-state index contributed by atoms with van der Waals surface area (Å²) in [7, 11) is -3.24. The van der Waals surface area contributed by atoms with E-state index in [-0.39, 0.29) is 17.8 Å². The normalized spacial score (nSPS) is 22.1. The molecule has 0 aromatic heterocycles. The molecule has 0 bridgehead atoms. The summed E-state index contributed by atoms with van der Waals surface area (Å²) in [6.45, 7) is 2.80. The first-order valence-corrected chi connectivity index (χ1v) is 8.50. The number of nitrogens with one attached hydrogen (secondary N) is 2. The summed E-state index contributed by atoms with van der Waals surface area (Å²) in [6, 6.07) is 9.55. The van der Waals surface area contributed by atoms with E-state index in [4.69, 9.17) is 0 Å². The molecule has 2 rings (SSSR count). The lowest BCUT2D eigenvalue weighted by atomic mass is 10.1. The third kappa shape index (κ3) is 4.60. The van der Waals surface area contributed by atoms with Gasteiger partial charge in [0.15, 0.2) is 0 Å². The van der Waals surface area contributed by atoms with E-state index >= 15 is 0 Å². The Balaban J connectivity index is 1.93. The van der Waals surface area contributed by atoms with E-state index < -0.39 is 10.0 Å². The van der Waals surface area contributed by atoms with Gasteiger partial charge in [0.1, 0.15) is 0 Å². The smallest absolute Gasteiger partial charge is 0.213 e. The number of piperidine rings is 1. The zero-order valence-corrected chi connectivity index (χ0v) is 12.1. The van der Waals surface area contributed by atoms with E-state index in [1.165, 1.54) is 0 Å². The summed E-state index contributed by atoms with van der Waals surface area (Å²) in [5, 5.41) is 3.27. The lowest BCUT2D eigenvalue weighted by Gasteiger charge is -2.24. The van der Waals surface area contributed by atoms with Crippen LogP contribution in [-0.4, -0.2) is 26.8 Å². The van der Waals surface area contributed by atoms with Gasteiger partial charge in [-0.15, -0.1) is 0 Å². The molecule has 2 atom stereocenters. The number of hydrogen-bond acceptors (Lipinski definition) is 3. The number of sulfonamides is 1. The first kappa shape index (κ1) is 14.5. The van der Waals surface area contributed by atoms with Gasteiger partial charge in [0.05, 0.1) is 5.75 Å². The largest absolute Gasteiger partial charge is 0.313 e. The highest BCUT2D eigenvalue weighted by atomic mass is 32.2. The first-order chi connectivity index (χ1) is 9.07. The van der Waals surface area contributed by atoms with Crippen LogP contribution in [0.5, 0.6) is 0 Å². The SMILES string of the molecule is CC(NS(=O)(=O)CC1CCCCN1)c1ccccc1. The van der Waals surface area contributed by atoms with Crippen molar-refractivity contribution in [3.63, 3.8) is 0 Å². The number of rotatable bonds is 5. The van der Waals surface area contributed by atoms with E-state index in [1.807, 2.05) is 37.3 Å². The van der Waals surface area contributed by atoms with Crippen LogP contribution >= 0.6 is 0 Å². The molecule has 1 aliphatic heterocycles. The average Bonchev–Trinajstić information content (AvgIpc) is 2.39. The van der Waals surface area contributed by atoms with Gasteiger partial charge in [-0.2, -0.15) is 0 Å². The second-order valence-electron chi connectivity index (χ2n) is 5.18. The predicted molar refractivity (Wildman–Crippen MR) is 77.4 cm³/mol. The fourth-order valence-corrected chi connectivity index (χ4v) is 4.04. The van der Waals surface area contributed by atoms with Crippen molar-refractivity contribution in [1.82, 2.24) is 10.0 Å². The molecule has 4 nitrogen and oxygen atoms in total. The molecular weight excluding hydrogens is 260 g/mol. The van der Waals surface area contributed by atoms with Crippen LogP contribution in [0.2, 0.25) is 0 Å². The molecule has 1 aliphatic rings. The van der Waals surface area contributed by atoms with Crippen LogP contribution in [0.4, 0.5) is 0 Å². The van der Waals surface area contributed by atoms with Crippen LogP contribution in [0.1, 0.15) is 37.8 Å². The second-order valence-corrected chi connectivity index (χ2v) is 6.98. The van der Waals surface area contributed by atoms with E-state index in [0.717, 1.165) is 31.4 Å². The minimum absolute atomic E-state index is 0.0919. The standard InChI is InChI=1S/C14H22N2O2S/c1-12(13-7-3-2-4-8-13)16-19(17,18)11-14-9-5-6-10-15-14/h2-4,7-8,12,14-16H,5-6,9-11H2,1H3. The van der Waals surface area contributed by atoms with Crippen molar-refractivity contribution in [3.05, 3.63) is 35.9 Å². The molecule has 1 fully saturated rings. The first-order valence-electron chi connectivity index (χ1n) is 6.85. The van der Waals surface area contributed by atoms with Gasteiger partial charge in [-0.05, 0) is 31.9 Å². The monoisotopic (exact) mass is 282 g/mol. The van der Waals surface area contributed by atoms with Crippen LogP contribution in [0.25, 0.3) is 0 Å². The van der Waals surface area contributed by atoms with Crippen LogP contribution < -0.4 is 10.0 Å². The Kier molecular flexibility index (Phi) is 4.96. The third-order valence-electron chi connectivity index (χ3n) is 3.49. The summed E-state index contributed by atoms with van der Waals surface area (Å²) in [4.78, 5) is 0. The highest BCUT2D eigenvalue weighted by Gasteiger charge is 2.22. The molecule has 106 valence electrons. The fourth-order valence-electron chi connectivity index (χ4n) is 2.46. The van der Waals surface area contributed by atoms with Crippen molar-refractivity contribution in [1.29, 1.82) is 0 Å². The van der Waals surface area contributed by atoms with Crippen LogP contribution in [0, 0.1) is 0 Å². The molecule has 0 spiro atoms. The fraction of sp³-hybridized carbons (Fsp3) is 0.571. The van der Waals surface area contributed by atoms with Gasteiger partial charge in [-0.1, -0.05) is 36.8 Å². The van der Waals surface area contributed by atoms with E-state index in [2.05, 4.69) is 10.0 Å². The molecule has 0 aliphatic carbocycles. The quantitative estimate of drug-likeness (QED) is 0.866. The molecule has 19 heavy (non-hydrogen) atoms. The van der Waals surface area contributed by atoms with Crippen molar-refractivity contribution < 1.29 is 8.42 Å². The predicted octanol–water partition coefficient (Wildman–Crippen LogP) is 1.81. The molecule has 1 aromatic carbocycles. The highest BCUT2D eigenvalue weighted by molar-refractivity contribution is 7.89. The summed E-state index contributed by atoms with van der Waals surface area (Å²) < 4.78 is 27.0. The van der Waals surface area contributed by atoms with Crippen LogP contribution in [0.3, 0.4) is 0 Å². The molecule has 5 heteroatoms. The zero-order valence-electron chi connectivity index (χ0n) is 11.3. The van der Waals surface area contributed by atoms with Crippen molar-refractivity contribution in [2.24, 2.45) is 0 Å². The summed E-state index contributed by atoms with van der Waals surface area (Å²) in [5.41, 5.74) is 0.989. The van der Waals surface area contributed by atoms with Gasteiger partial charge in [-0.3, -0.25) is 0 Å². The Morgan fingerprint density at radius 2 is 2.05 bits per heavy atom. The lowest BCUT2D eigenvalue weighted by Crippen LogP contribution is -2.43. The van der Waals surface area contributed by atoms with Crippen LogP contribution in [-0.2, 0) is 10.0 Å². The minimum atomic E-state index is -3.24. The van der Waals surface area contributed by atoms with Gasteiger partial charge in [0.25, 0.3) is 0 Å². The Hall–Kier alpha value is -0.910. The van der Waals surface area contributed by atoms with Crippen molar-refractivity contribution >= 4 is 10.0 Å². The van der Waals surface area contributed by atoms with Gasteiger partial charge in [0, 0.05) is 12.1 Å². The maximum Gasteiger partial charge on any atom is 0.213 e. The van der Waals surface area contributed by atoms with Crippen LogP contribution in [0.15, 0.2) is 30.3 Å². The number of hydrogen-bond donors (Lipinski definition) is 2. The Labute approximate surface area is 115 Å². The molecule has 1 heterocycles. The van der Waals surface area contributed by atoms with Gasteiger partial charge < -0.3 is 5.32 Å². The van der Waals surface area contributed by atoms with Gasteiger partial charge >= 0.3 is 0 Å². The molecular formula is C14H22N2O2S. The second kappa shape index (κ2) is 6.50. The topological polar surface area (TPSA) is 58.2 Å². The molecule has 0 radical (unpaired) electrons. The number of benzene rings is 1. The van der Waals surface area contributed by atoms with E-state index in [1.54, 1.807) is 0 Å². The summed E-state index contributed by atoms with van der Waals surface area (Å²) in [6.07, 6.45) is 3.20. The van der Waals surface area contributed by atoms with E-state index in [0.29, 0.717) is 0 Å². The maximum atomic E-state index is 12.1. The summed E-state index contributed by atoms with van der Waals surface area (Å²) in [5.74, 6) is 0.171. The van der Waals surface area contributed by atoms with Crippen molar-refractivity contribution in [3.8, 4) is 0 Å². The van der Waals surface area contributed by atoms with Crippen molar-refractivity contribution in [2.45, 2.75) is 38.3 Å².